The molecule has 28 heavy (non-hydrogen) atoms. The molecule has 0 amide bonds. The van der Waals surface area contributed by atoms with Crippen LogP contribution < -0.4 is 5.43 Å². The quantitative estimate of drug-likeness (QED) is 0.870. The fourth-order valence-electron chi connectivity index (χ4n) is 5.21. The summed E-state index contributed by atoms with van der Waals surface area (Å²) in [6.45, 7) is 2.13. The molecule has 6 rings (SSSR count). The largest absolute Gasteiger partial charge is 0.477 e. The second-order valence-electron chi connectivity index (χ2n) is 7.97. The van der Waals surface area contributed by atoms with Gasteiger partial charge in [0.1, 0.15) is 11.7 Å². The van der Waals surface area contributed by atoms with Crippen molar-refractivity contribution in [3.63, 3.8) is 0 Å². The van der Waals surface area contributed by atoms with Crippen LogP contribution in [0.4, 0.5) is 0 Å². The molecule has 4 aliphatic rings. The molecule has 1 aromatic carbocycles. The van der Waals surface area contributed by atoms with Gasteiger partial charge in [0.2, 0.25) is 0 Å². The number of ether oxygens (including phenoxy) is 2. The Morgan fingerprint density at radius 3 is 2.86 bits per heavy atom. The second-order valence-corrected chi connectivity index (χ2v) is 7.97. The van der Waals surface area contributed by atoms with Crippen LogP contribution in [0.3, 0.4) is 0 Å². The van der Waals surface area contributed by atoms with E-state index in [2.05, 4.69) is 18.2 Å². The summed E-state index contributed by atoms with van der Waals surface area (Å²) in [5.41, 5.74) is 6.35. The first-order valence-electron chi connectivity index (χ1n) is 9.68. The molecule has 2 aromatic rings. The number of carboxylic acids is 1. The number of aromatic nitrogens is 1. The van der Waals surface area contributed by atoms with Crippen molar-refractivity contribution in [1.29, 1.82) is 0 Å². The van der Waals surface area contributed by atoms with Gasteiger partial charge in [0.25, 0.3) is 0 Å². The maximum Gasteiger partial charge on any atom is 0.341 e. The predicted molar refractivity (Wildman–Crippen MR) is 102 cm³/mol. The van der Waals surface area contributed by atoms with E-state index in [4.69, 9.17) is 9.47 Å². The minimum absolute atomic E-state index is 0.0223. The van der Waals surface area contributed by atoms with Gasteiger partial charge >= 0.3 is 5.97 Å². The van der Waals surface area contributed by atoms with Crippen LogP contribution in [0.1, 0.15) is 51.1 Å². The normalized spacial score (nSPS) is 25.0. The predicted octanol–water partition coefficient (Wildman–Crippen LogP) is 2.47. The Bertz CT molecular complexity index is 1120. The summed E-state index contributed by atoms with van der Waals surface area (Å²) in [6.07, 6.45) is 2.97. The third-order valence-electron chi connectivity index (χ3n) is 6.58. The summed E-state index contributed by atoms with van der Waals surface area (Å²) in [6, 6.07) is 7.96. The first-order chi connectivity index (χ1) is 13.6. The number of nitrogens with zero attached hydrogens (tertiary/aromatic N) is 1. The molecule has 2 atom stereocenters. The van der Waals surface area contributed by atoms with E-state index in [0.29, 0.717) is 12.5 Å². The van der Waals surface area contributed by atoms with Crippen LogP contribution in [-0.4, -0.2) is 41.6 Å². The number of carboxylic acid groups (broad SMARTS) is 1. The Hall–Kier alpha value is -2.70. The number of hydrogen-bond acceptors (Lipinski definition) is 4. The standard InChI is InChI=1S/C22H19NO5/c24-19-7-18-15-6-14-12(11-9-27-10-11)2-1-3-13(14)20(15)21-17(4-5-28-21)23(18)8-16(19)22(25)26/h1-3,7-8,11,17,21H,4-6,9-10H2,(H,25,26)/t17-,21+/m1/s1. The van der Waals surface area contributed by atoms with E-state index >= 15 is 0 Å². The van der Waals surface area contributed by atoms with Gasteiger partial charge in [-0.05, 0) is 34.3 Å². The van der Waals surface area contributed by atoms with Gasteiger partial charge in [0.05, 0.1) is 19.3 Å². The van der Waals surface area contributed by atoms with E-state index in [1.165, 1.54) is 34.5 Å². The average molecular weight is 377 g/mol. The smallest absolute Gasteiger partial charge is 0.341 e. The van der Waals surface area contributed by atoms with Gasteiger partial charge in [-0.2, -0.15) is 0 Å². The Balaban J connectivity index is 1.57. The highest BCUT2D eigenvalue weighted by Gasteiger charge is 2.44. The maximum absolute atomic E-state index is 12.5. The molecule has 6 heteroatoms. The fraction of sp³-hybridized carbons (Fsp3) is 0.364. The first-order valence-corrected chi connectivity index (χ1v) is 9.68. The van der Waals surface area contributed by atoms with Crippen molar-refractivity contribution in [1.82, 2.24) is 4.57 Å². The fourth-order valence-corrected chi connectivity index (χ4v) is 5.21. The van der Waals surface area contributed by atoms with E-state index in [1.54, 1.807) is 0 Å². The van der Waals surface area contributed by atoms with Gasteiger partial charge in [-0.3, -0.25) is 4.79 Å². The minimum Gasteiger partial charge on any atom is -0.477 e. The zero-order valence-electron chi connectivity index (χ0n) is 15.2. The second kappa shape index (κ2) is 5.65. The van der Waals surface area contributed by atoms with Crippen LogP contribution in [-0.2, 0) is 15.9 Å². The van der Waals surface area contributed by atoms with Gasteiger partial charge in [0, 0.05) is 36.9 Å². The Kier molecular flexibility index (Phi) is 3.29. The van der Waals surface area contributed by atoms with Crippen molar-refractivity contribution < 1.29 is 19.4 Å². The van der Waals surface area contributed by atoms with Crippen LogP contribution >= 0.6 is 0 Å². The van der Waals surface area contributed by atoms with Crippen molar-refractivity contribution in [3.05, 3.63) is 68.6 Å². The zero-order chi connectivity index (χ0) is 19.0. The first kappa shape index (κ1) is 16.3. The van der Waals surface area contributed by atoms with Crippen LogP contribution in [0.15, 0.2) is 35.3 Å². The van der Waals surface area contributed by atoms with Crippen LogP contribution in [0, 0.1) is 0 Å². The average Bonchev–Trinajstić information content (AvgIpc) is 3.24. The molecule has 2 saturated heterocycles. The SMILES string of the molecule is O=C(O)c1cn2c(cc1=O)C1=C(c3cccc(C4COC4)c3C1)[C@H]1OCC[C@H]12. The summed E-state index contributed by atoms with van der Waals surface area (Å²) in [7, 11) is 0. The van der Waals surface area contributed by atoms with Gasteiger partial charge in [0.15, 0.2) is 5.43 Å². The molecule has 0 saturated carbocycles. The van der Waals surface area contributed by atoms with Crippen molar-refractivity contribution in [2.45, 2.75) is 30.9 Å². The van der Waals surface area contributed by atoms with Crippen LogP contribution in [0.2, 0.25) is 0 Å². The highest BCUT2D eigenvalue weighted by Crippen LogP contribution is 2.51. The lowest BCUT2D eigenvalue weighted by Gasteiger charge is -2.32. The van der Waals surface area contributed by atoms with E-state index in [0.717, 1.165) is 37.3 Å². The third kappa shape index (κ3) is 2.04. The number of hydrogen-bond donors (Lipinski definition) is 1. The van der Waals surface area contributed by atoms with Gasteiger partial charge in [-0.25, -0.2) is 4.79 Å². The van der Waals surface area contributed by atoms with Gasteiger partial charge in [-0.15, -0.1) is 0 Å². The molecule has 0 radical (unpaired) electrons. The Labute approximate surface area is 161 Å². The molecule has 1 N–H and O–H groups in total. The Morgan fingerprint density at radius 2 is 2.11 bits per heavy atom. The van der Waals surface area contributed by atoms with Crippen LogP contribution in [0.5, 0.6) is 0 Å². The molecule has 0 bridgehead atoms. The molecule has 3 aliphatic heterocycles. The molecule has 0 spiro atoms. The summed E-state index contributed by atoms with van der Waals surface area (Å²) in [5.74, 6) is -0.759. The lowest BCUT2D eigenvalue weighted by Crippen LogP contribution is -2.31. The van der Waals surface area contributed by atoms with E-state index < -0.39 is 11.4 Å². The number of allylic oxidation sites excluding steroid dienone is 1. The van der Waals surface area contributed by atoms with Gasteiger partial charge in [-0.1, -0.05) is 18.2 Å². The summed E-state index contributed by atoms with van der Waals surface area (Å²) in [5, 5.41) is 9.40. The maximum atomic E-state index is 12.5. The highest BCUT2D eigenvalue weighted by atomic mass is 16.5. The molecular formula is C22H19NO5. The lowest BCUT2D eigenvalue weighted by atomic mass is 9.88. The number of benzene rings is 1. The molecule has 6 nitrogen and oxygen atoms in total. The number of carbonyl (C=O) groups is 1. The van der Waals surface area contributed by atoms with E-state index in [-0.39, 0.29) is 17.7 Å². The summed E-state index contributed by atoms with van der Waals surface area (Å²) >= 11 is 0. The van der Waals surface area contributed by atoms with Crippen molar-refractivity contribution >= 4 is 17.1 Å². The van der Waals surface area contributed by atoms with Crippen LogP contribution in [0.25, 0.3) is 11.1 Å². The monoisotopic (exact) mass is 377 g/mol. The molecule has 142 valence electrons. The van der Waals surface area contributed by atoms with E-state index in [1.807, 2.05) is 4.57 Å². The molecule has 1 aromatic heterocycles. The molecule has 0 unspecified atom stereocenters. The highest BCUT2D eigenvalue weighted by molar-refractivity contribution is 6.00. The van der Waals surface area contributed by atoms with Crippen molar-refractivity contribution in [2.75, 3.05) is 19.8 Å². The lowest BCUT2D eigenvalue weighted by molar-refractivity contribution is 0.00813. The number of fused-ring (bicyclic) bond motifs is 7. The Morgan fingerprint density at radius 1 is 1.25 bits per heavy atom. The number of rotatable bonds is 2. The number of pyridine rings is 1. The summed E-state index contributed by atoms with van der Waals surface area (Å²) in [4.78, 5) is 23.9. The van der Waals surface area contributed by atoms with Crippen molar-refractivity contribution in [2.24, 2.45) is 0 Å². The topological polar surface area (TPSA) is 77.8 Å². The number of aromatic carboxylic acids is 1. The minimum atomic E-state index is -1.18. The van der Waals surface area contributed by atoms with E-state index in [9.17, 15) is 14.7 Å². The third-order valence-corrected chi connectivity index (χ3v) is 6.58. The van der Waals surface area contributed by atoms with Crippen molar-refractivity contribution in [3.8, 4) is 0 Å². The molecular weight excluding hydrogens is 358 g/mol. The molecule has 2 fully saturated rings. The molecule has 1 aliphatic carbocycles. The zero-order valence-corrected chi connectivity index (χ0v) is 15.2. The summed E-state index contributed by atoms with van der Waals surface area (Å²) < 4.78 is 13.5. The van der Waals surface area contributed by atoms with Gasteiger partial charge < -0.3 is 19.1 Å². The molecule has 4 heterocycles.